The SMILES string of the molecule is Cc1csc(-c2ncnc3c2sc2c(CC(C)C)cccc23)c1. The fraction of sp³-hybridized carbons (Fsp3) is 0.263. The molecule has 0 bridgehead atoms. The van der Waals surface area contributed by atoms with Crippen LogP contribution in [0.15, 0.2) is 36.0 Å². The summed E-state index contributed by atoms with van der Waals surface area (Å²) in [6, 6.07) is 8.81. The molecule has 3 heterocycles. The molecular weight excluding hydrogens is 320 g/mol. The summed E-state index contributed by atoms with van der Waals surface area (Å²) in [6.07, 6.45) is 2.80. The van der Waals surface area contributed by atoms with Gasteiger partial charge in [0.1, 0.15) is 12.0 Å². The van der Waals surface area contributed by atoms with Crippen LogP contribution in [-0.4, -0.2) is 9.97 Å². The van der Waals surface area contributed by atoms with E-state index in [-0.39, 0.29) is 0 Å². The monoisotopic (exact) mass is 338 g/mol. The average molecular weight is 339 g/mol. The highest BCUT2D eigenvalue weighted by atomic mass is 32.1. The van der Waals surface area contributed by atoms with Crippen molar-refractivity contribution < 1.29 is 0 Å². The molecule has 0 saturated heterocycles. The van der Waals surface area contributed by atoms with E-state index >= 15 is 0 Å². The van der Waals surface area contributed by atoms with Gasteiger partial charge in [-0.05, 0) is 41.8 Å². The minimum atomic E-state index is 0.649. The maximum atomic E-state index is 4.59. The summed E-state index contributed by atoms with van der Waals surface area (Å²) in [4.78, 5) is 10.4. The van der Waals surface area contributed by atoms with Crippen molar-refractivity contribution in [3.05, 3.63) is 47.1 Å². The lowest BCUT2D eigenvalue weighted by molar-refractivity contribution is 0.650. The normalized spacial score (nSPS) is 11.8. The number of hydrogen-bond acceptors (Lipinski definition) is 4. The second kappa shape index (κ2) is 5.69. The lowest BCUT2D eigenvalue weighted by atomic mass is 10.0. The van der Waals surface area contributed by atoms with E-state index in [0.717, 1.165) is 17.6 Å². The molecule has 2 nitrogen and oxygen atoms in total. The molecule has 0 N–H and O–H groups in total. The molecule has 0 amide bonds. The highest BCUT2D eigenvalue weighted by Crippen LogP contribution is 2.40. The van der Waals surface area contributed by atoms with Crippen LogP contribution in [0.3, 0.4) is 0 Å². The van der Waals surface area contributed by atoms with E-state index in [9.17, 15) is 0 Å². The molecule has 4 rings (SSSR count). The predicted octanol–water partition coefficient (Wildman–Crippen LogP) is 6.08. The molecule has 4 aromatic rings. The number of hydrogen-bond donors (Lipinski definition) is 0. The number of fused-ring (bicyclic) bond motifs is 3. The Balaban J connectivity index is 2.01. The Hall–Kier alpha value is -1.78. The van der Waals surface area contributed by atoms with Crippen LogP contribution < -0.4 is 0 Å². The van der Waals surface area contributed by atoms with Crippen LogP contribution in [0.1, 0.15) is 25.0 Å². The first-order chi connectivity index (χ1) is 11.1. The van der Waals surface area contributed by atoms with Gasteiger partial charge in [0.2, 0.25) is 0 Å². The zero-order valence-electron chi connectivity index (χ0n) is 13.5. The van der Waals surface area contributed by atoms with Crippen LogP contribution in [0, 0.1) is 12.8 Å². The predicted molar refractivity (Wildman–Crippen MR) is 102 cm³/mol. The van der Waals surface area contributed by atoms with Gasteiger partial charge in [0, 0.05) is 10.1 Å². The van der Waals surface area contributed by atoms with Crippen molar-refractivity contribution in [1.29, 1.82) is 0 Å². The van der Waals surface area contributed by atoms with Crippen molar-refractivity contribution in [3.8, 4) is 10.6 Å². The molecule has 23 heavy (non-hydrogen) atoms. The van der Waals surface area contributed by atoms with Crippen molar-refractivity contribution in [2.45, 2.75) is 27.2 Å². The Kier molecular flexibility index (Phi) is 3.66. The van der Waals surface area contributed by atoms with Crippen LogP contribution in [0.4, 0.5) is 0 Å². The van der Waals surface area contributed by atoms with Crippen LogP contribution in [0.2, 0.25) is 0 Å². The standard InChI is InChI=1S/C19H18N2S2/c1-11(2)7-13-5-4-6-14-16-19(23-18(13)14)17(21-10-20-16)15-8-12(3)9-22-15/h4-6,8-11H,7H2,1-3H3. The molecule has 116 valence electrons. The second-order valence-corrected chi connectivity index (χ2v) is 8.31. The molecule has 0 spiro atoms. The zero-order chi connectivity index (χ0) is 16.0. The zero-order valence-corrected chi connectivity index (χ0v) is 15.1. The van der Waals surface area contributed by atoms with Crippen LogP contribution >= 0.6 is 22.7 Å². The van der Waals surface area contributed by atoms with E-state index in [1.165, 1.54) is 30.8 Å². The molecule has 0 unspecified atom stereocenters. The van der Waals surface area contributed by atoms with Gasteiger partial charge in [-0.3, -0.25) is 0 Å². The summed E-state index contributed by atoms with van der Waals surface area (Å²) in [5.41, 5.74) is 4.88. The van der Waals surface area contributed by atoms with Gasteiger partial charge in [-0.15, -0.1) is 22.7 Å². The molecule has 0 atom stereocenters. The minimum absolute atomic E-state index is 0.649. The van der Waals surface area contributed by atoms with Crippen LogP contribution in [0.25, 0.3) is 30.9 Å². The highest BCUT2D eigenvalue weighted by molar-refractivity contribution is 7.26. The summed E-state index contributed by atoms with van der Waals surface area (Å²) in [5, 5.41) is 3.45. The quantitative estimate of drug-likeness (QED) is 0.452. The van der Waals surface area contributed by atoms with E-state index in [1.54, 1.807) is 17.7 Å². The van der Waals surface area contributed by atoms with Gasteiger partial charge in [-0.1, -0.05) is 32.0 Å². The lowest BCUT2D eigenvalue weighted by Crippen LogP contribution is -1.93. The topological polar surface area (TPSA) is 25.8 Å². The fourth-order valence-electron chi connectivity index (χ4n) is 2.99. The number of aryl methyl sites for hydroxylation is 1. The lowest BCUT2D eigenvalue weighted by Gasteiger charge is -2.05. The summed E-state index contributed by atoms with van der Waals surface area (Å²) in [5.74, 6) is 0.649. The number of aromatic nitrogens is 2. The molecule has 4 heteroatoms. The minimum Gasteiger partial charge on any atom is -0.235 e. The van der Waals surface area contributed by atoms with Crippen molar-refractivity contribution in [1.82, 2.24) is 9.97 Å². The maximum absolute atomic E-state index is 4.59. The van der Waals surface area contributed by atoms with E-state index in [0.29, 0.717) is 5.92 Å². The highest BCUT2D eigenvalue weighted by Gasteiger charge is 2.16. The Morgan fingerprint density at radius 1 is 1.13 bits per heavy atom. The molecular formula is C19H18N2S2. The fourth-order valence-corrected chi connectivity index (χ4v) is 5.23. The molecule has 0 aliphatic heterocycles. The third-order valence-corrected chi connectivity index (χ3v) is 6.28. The first kappa shape index (κ1) is 14.8. The maximum Gasteiger partial charge on any atom is 0.116 e. The number of benzene rings is 1. The van der Waals surface area contributed by atoms with E-state index < -0.39 is 0 Å². The van der Waals surface area contributed by atoms with E-state index in [2.05, 4.69) is 60.4 Å². The van der Waals surface area contributed by atoms with Crippen molar-refractivity contribution in [2.75, 3.05) is 0 Å². The Morgan fingerprint density at radius 2 is 2.00 bits per heavy atom. The average Bonchev–Trinajstić information content (AvgIpc) is 3.11. The van der Waals surface area contributed by atoms with Crippen molar-refractivity contribution in [3.63, 3.8) is 0 Å². The van der Waals surface area contributed by atoms with Crippen molar-refractivity contribution in [2.24, 2.45) is 5.92 Å². The Morgan fingerprint density at radius 3 is 2.74 bits per heavy atom. The number of thiophene rings is 2. The Labute approximate surface area is 143 Å². The van der Waals surface area contributed by atoms with Gasteiger partial charge >= 0.3 is 0 Å². The van der Waals surface area contributed by atoms with Gasteiger partial charge in [-0.25, -0.2) is 9.97 Å². The smallest absolute Gasteiger partial charge is 0.116 e. The molecule has 0 radical (unpaired) electrons. The van der Waals surface area contributed by atoms with Gasteiger partial charge in [0.05, 0.1) is 15.1 Å². The Bertz CT molecular complexity index is 995. The summed E-state index contributed by atoms with van der Waals surface area (Å²) in [7, 11) is 0. The summed E-state index contributed by atoms with van der Waals surface area (Å²) >= 11 is 3.60. The molecule has 3 aromatic heterocycles. The summed E-state index contributed by atoms with van der Waals surface area (Å²) < 4.78 is 2.58. The van der Waals surface area contributed by atoms with E-state index in [4.69, 9.17) is 0 Å². The molecule has 0 saturated carbocycles. The number of rotatable bonds is 3. The molecule has 0 aliphatic carbocycles. The van der Waals surface area contributed by atoms with Gasteiger partial charge in [-0.2, -0.15) is 0 Å². The largest absolute Gasteiger partial charge is 0.235 e. The second-order valence-electron chi connectivity index (χ2n) is 6.38. The van der Waals surface area contributed by atoms with Gasteiger partial charge < -0.3 is 0 Å². The molecule has 0 fully saturated rings. The third kappa shape index (κ3) is 2.56. The summed E-state index contributed by atoms with van der Waals surface area (Å²) in [6.45, 7) is 6.67. The first-order valence-corrected chi connectivity index (χ1v) is 9.53. The van der Waals surface area contributed by atoms with Crippen LogP contribution in [0.5, 0.6) is 0 Å². The van der Waals surface area contributed by atoms with Crippen molar-refractivity contribution >= 4 is 43.0 Å². The molecule has 0 aliphatic rings. The molecule has 1 aromatic carbocycles. The number of nitrogens with zero attached hydrogens (tertiary/aromatic N) is 2. The van der Waals surface area contributed by atoms with Crippen LogP contribution in [-0.2, 0) is 6.42 Å². The third-order valence-electron chi connectivity index (χ3n) is 3.95. The van der Waals surface area contributed by atoms with Gasteiger partial charge in [0.15, 0.2) is 0 Å². The first-order valence-electron chi connectivity index (χ1n) is 7.84. The van der Waals surface area contributed by atoms with E-state index in [1.807, 2.05) is 11.3 Å². The van der Waals surface area contributed by atoms with Gasteiger partial charge in [0.25, 0.3) is 0 Å².